The van der Waals surface area contributed by atoms with Crippen LogP contribution in [0.1, 0.15) is 38.3 Å². The Bertz CT molecular complexity index is 571. The van der Waals surface area contributed by atoms with Crippen molar-refractivity contribution >= 4 is 11.5 Å². The smallest absolute Gasteiger partial charge is 0.271 e. The summed E-state index contributed by atoms with van der Waals surface area (Å²) < 4.78 is 9.31. The van der Waals surface area contributed by atoms with E-state index >= 15 is 0 Å². The standard InChI is InChI=1S/C12H20N6OS/c1-12(2,3)9-8(20-17-15-9)11-14-10(16-19-11)7(13)6-18(4)5/h7H,6,13H2,1-5H3. The highest BCUT2D eigenvalue weighted by atomic mass is 32.1. The van der Waals surface area contributed by atoms with Crippen molar-refractivity contribution in [3.05, 3.63) is 11.5 Å². The van der Waals surface area contributed by atoms with Crippen LogP contribution in [0.2, 0.25) is 0 Å². The molecule has 2 aromatic rings. The van der Waals surface area contributed by atoms with Crippen LogP contribution in [-0.2, 0) is 5.41 Å². The van der Waals surface area contributed by atoms with Gasteiger partial charge in [0.2, 0.25) is 0 Å². The maximum Gasteiger partial charge on any atom is 0.271 e. The zero-order valence-electron chi connectivity index (χ0n) is 12.4. The van der Waals surface area contributed by atoms with Gasteiger partial charge in [-0.15, -0.1) is 5.10 Å². The van der Waals surface area contributed by atoms with Crippen LogP contribution in [0.4, 0.5) is 0 Å². The molecular weight excluding hydrogens is 276 g/mol. The molecule has 8 heteroatoms. The summed E-state index contributed by atoms with van der Waals surface area (Å²) in [6, 6.07) is -0.276. The SMILES string of the molecule is CN(C)CC(N)c1noc(-c2snnc2C(C)(C)C)n1. The van der Waals surface area contributed by atoms with Crippen LogP contribution in [0.15, 0.2) is 4.52 Å². The quantitative estimate of drug-likeness (QED) is 0.912. The Hall–Kier alpha value is -1.38. The Kier molecular flexibility index (Phi) is 4.17. The van der Waals surface area contributed by atoms with Crippen molar-refractivity contribution < 1.29 is 4.52 Å². The molecule has 7 nitrogen and oxygen atoms in total. The molecule has 0 radical (unpaired) electrons. The predicted molar refractivity (Wildman–Crippen MR) is 77.4 cm³/mol. The zero-order chi connectivity index (χ0) is 14.9. The van der Waals surface area contributed by atoms with Crippen molar-refractivity contribution in [3.8, 4) is 10.8 Å². The van der Waals surface area contributed by atoms with E-state index in [-0.39, 0.29) is 11.5 Å². The summed E-state index contributed by atoms with van der Waals surface area (Å²) in [4.78, 5) is 7.18. The molecule has 0 bridgehead atoms. The molecule has 2 aromatic heterocycles. The molecule has 0 aliphatic rings. The first-order valence-corrected chi connectivity index (χ1v) is 7.13. The average Bonchev–Trinajstić information content (AvgIpc) is 2.96. The molecule has 1 atom stereocenters. The molecule has 0 amide bonds. The molecule has 20 heavy (non-hydrogen) atoms. The third-order valence-electron chi connectivity index (χ3n) is 2.73. The molecule has 0 spiro atoms. The molecule has 1 unspecified atom stereocenters. The maximum absolute atomic E-state index is 6.03. The van der Waals surface area contributed by atoms with Gasteiger partial charge in [0.1, 0.15) is 4.88 Å². The largest absolute Gasteiger partial charge is 0.333 e. The molecule has 2 rings (SSSR count). The van der Waals surface area contributed by atoms with E-state index in [9.17, 15) is 0 Å². The van der Waals surface area contributed by atoms with Crippen LogP contribution >= 0.6 is 11.5 Å². The van der Waals surface area contributed by atoms with Crippen molar-refractivity contribution in [2.24, 2.45) is 5.73 Å². The number of nitrogens with two attached hydrogens (primary N) is 1. The number of aromatic nitrogens is 4. The summed E-state index contributed by atoms with van der Waals surface area (Å²) in [5, 5.41) is 8.13. The van der Waals surface area contributed by atoms with E-state index < -0.39 is 0 Å². The van der Waals surface area contributed by atoms with Crippen molar-refractivity contribution in [1.29, 1.82) is 0 Å². The second-order valence-electron chi connectivity index (χ2n) is 6.03. The number of hydrogen-bond acceptors (Lipinski definition) is 8. The van der Waals surface area contributed by atoms with Crippen LogP contribution in [0.25, 0.3) is 10.8 Å². The molecule has 110 valence electrons. The summed E-state index contributed by atoms with van der Waals surface area (Å²) in [6.45, 7) is 6.87. The lowest BCUT2D eigenvalue weighted by Crippen LogP contribution is -2.26. The minimum absolute atomic E-state index is 0.122. The molecule has 0 aromatic carbocycles. The van der Waals surface area contributed by atoms with Crippen LogP contribution in [-0.4, -0.2) is 45.3 Å². The average molecular weight is 296 g/mol. The molecule has 2 N–H and O–H groups in total. The minimum atomic E-state index is -0.276. The maximum atomic E-state index is 6.03. The highest BCUT2D eigenvalue weighted by Gasteiger charge is 2.27. The molecule has 0 saturated heterocycles. The van der Waals surface area contributed by atoms with E-state index in [1.807, 2.05) is 19.0 Å². The van der Waals surface area contributed by atoms with Crippen LogP contribution in [0, 0.1) is 0 Å². The Labute approximate surface area is 122 Å². The summed E-state index contributed by atoms with van der Waals surface area (Å²) in [5.41, 5.74) is 6.77. The molecular formula is C12H20N6OS. The lowest BCUT2D eigenvalue weighted by Gasteiger charge is -2.15. The fourth-order valence-corrected chi connectivity index (χ4v) is 2.57. The predicted octanol–water partition coefficient (Wildman–Crippen LogP) is 1.45. The molecule has 0 fully saturated rings. The number of hydrogen-bond donors (Lipinski definition) is 1. The Balaban J connectivity index is 2.28. The second kappa shape index (κ2) is 5.55. The first-order valence-electron chi connectivity index (χ1n) is 6.36. The van der Waals surface area contributed by atoms with E-state index in [0.29, 0.717) is 18.3 Å². The fraction of sp³-hybridized carbons (Fsp3) is 0.667. The molecule has 0 aliphatic carbocycles. The van der Waals surface area contributed by atoms with Gasteiger partial charge in [-0.1, -0.05) is 30.4 Å². The van der Waals surface area contributed by atoms with Gasteiger partial charge in [-0.2, -0.15) is 4.98 Å². The van der Waals surface area contributed by atoms with Crippen molar-refractivity contribution in [2.45, 2.75) is 32.2 Å². The third kappa shape index (κ3) is 3.20. The Morgan fingerprint density at radius 1 is 1.35 bits per heavy atom. The van der Waals surface area contributed by atoms with E-state index in [2.05, 4.69) is 40.5 Å². The van der Waals surface area contributed by atoms with Crippen molar-refractivity contribution in [2.75, 3.05) is 20.6 Å². The monoisotopic (exact) mass is 296 g/mol. The molecule has 0 saturated carbocycles. The second-order valence-corrected chi connectivity index (χ2v) is 6.78. The van der Waals surface area contributed by atoms with E-state index in [0.717, 1.165) is 10.6 Å². The van der Waals surface area contributed by atoms with Crippen LogP contribution < -0.4 is 5.73 Å². The van der Waals surface area contributed by atoms with E-state index in [4.69, 9.17) is 10.3 Å². The summed E-state index contributed by atoms with van der Waals surface area (Å²) in [6.07, 6.45) is 0. The zero-order valence-corrected chi connectivity index (χ0v) is 13.2. The lowest BCUT2D eigenvalue weighted by atomic mass is 9.91. The van der Waals surface area contributed by atoms with Gasteiger partial charge >= 0.3 is 0 Å². The first-order chi connectivity index (χ1) is 9.29. The van der Waals surface area contributed by atoms with Gasteiger partial charge in [-0.3, -0.25) is 0 Å². The van der Waals surface area contributed by atoms with E-state index in [1.165, 1.54) is 11.5 Å². The number of rotatable bonds is 4. The number of nitrogens with zero attached hydrogens (tertiary/aromatic N) is 5. The first kappa shape index (κ1) is 15.0. The Morgan fingerprint density at radius 3 is 2.65 bits per heavy atom. The van der Waals surface area contributed by atoms with Gasteiger partial charge in [-0.25, -0.2) is 0 Å². The molecule has 0 aliphatic heterocycles. The minimum Gasteiger partial charge on any atom is -0.333 e. The highest BCUT2D eigenvalue weighted by Crippen LogP contribution is 2.33. The lowest BCUT2D eigenvalue weighted by molar-refractivity contribution is 0.357. The highest BCUT2D eigenvalue weighted by molar-refractivity contribution is 7.09. The van der Waals surface area contributed by atoms with Gasteiger partial charge in [0.05, 0.1) is 11.7 Å². The van der Waals surface area contributed by atoms with Gasteiger partial charge in [-0.05, 0) is 25.6 Å². The summed E-state index contributed by atoms with van der Waals surface area (Å²) in [7, 11) is 3.90. The number of likely N-dealkylation sites (N-methyl/N-ethyl adjacent to an activating group) is 1. The van der Waals surface area contributed by atoms with Gasteiger partial charge in [0, 0.05) is 12.0 Å². The van der Waals surface area contributed by atoms with E-state index in [1.54, 1.807) is 0 Å². The summed E-state index contributed by atoms with van der Waals surface area (Å²) in [5.74, 6) is 0.941. The third-order valence-corrected chi connectivity index (χ3v) is 3.44. The van der Waals surface area contributed by atoms with Gasteiger partial charge in [0.25, 0.3) is 5.89 Å². The fourth-order valence-electron chi connectivity index (χ4n) is 1.77. The van der Waals surface area contributed by atoms with Crippen LogP contribution in [0.3, 0.4) is 0 Å². The summed E-state index contributed by atoms with van der Waals surface area (Å²) >= 11 is 1.26. The van der Waals surface area contributed by atoms with Crippen molar-refractivity contribution in [1.82, 2.24) is 24.6 Å². The van der Waals surface area contributed by atoms with Gasteiger partial charge < -0.3 is 15.2 Å². The van der Waals surface area contributed by atoms with Crippen molar-refractivity contribution in [3.63, 3.8) is 0 Å². The topological polar surface area (TPSA) is 94.0 Å². The van der Waals surface area contributed by atoms with Gasteiger partial charge in [0.15, 0.2) is 5.82 Å². The Morgan fingerprint density at radius 2 is 2.05 bits per heavy atom. The normalized spacial score (nSPS) is 13.9. The molecule has 2 heterocycles. The van der Waals surface area contributed by atoms with Crippen LogP contribution in [0.5, 0.6) is 0 Å².